The Bertz CT molecular complexity index is 358. The smallest absolute Gasteiger partial charge is 0.233 e. The summed E-state index contributed by atoms with van der Waals surface area (Å²) < 4.78 is 2.18. The largest absolute Gasteiger partial charge is 0.355 e. The molecule has 1 aromatic rings. The van der Waals surface area contributed by atoms with Crippen LogP contribution in [0.3, 0.4) is 0 Å². The molecule has 2 N–H and O–H groups in total. The molecular formula is C14H25N3O. The fourth-order valence-electron chi connectivity index (χ4n) is 1.69. The molecule has 0 aliphatic carbocycles. The predicted octanol–water partition coefficient (Wildman–Crippen LogP) is 1.76. The second-order valence-electron chi connectivity index (χ2n) is 5.06. The average molecular weight is 251 g/mol. The van der Waals surface area contributed by atoms with Crippen molar-refractivity contribution >= 4 is 5.91 Å². The van der Waals surface area contributed by atoms with E-state index in [2.05, 4.69) is 54.4 Å². The van der Waals surface area contributed by atoms with E-state index in [4.69, 9.17) is 0 Å². The van der Waals surface area contributed by atoms with Crippen molar-refractivity contribution in [2.75, 3.05) is 13.1 Å². The normalized spacial score (nSPS) is 10.9. The molecular weight excluding hydrogens is 226 g/mol. The van der Waals surface area contributed by atoms with Gasteiger partial charge in [0.1, 0.15) is 0 Å². The number of aryl methyl sites for hydroxylation is 1. The number of hydrogen-bond donors (Lipinski definition) is 2. The first-order valence-electron chi connectivity index (χ1n) is 6.74. The van der Waals surface area contributed by atoms with Gasteiger partial charge in [0.2, 0.25) is 5.91 Å². The SMILES string of the molecule is CCCn1ccc(CNCC(=O)NCC(C)C)c1. The molecule has 1 heterocycles. The maximum absolute atomic E-state index is 11.5. The van der Waals surface area contributed by atoms with E-state index in [1.807, 2.05) is 0 Å². The summed E-state index contributed by atoms with van der Waals surface area (Å²) in [5.74, 6) is 0.564. The highest BCUT2D eigenvalue weighted by atomic mass is 16.1. The molecule has 0 atom stereocenters. The molecule has 18 heavy (non-hydrogen) atoms. The standard InChI is InChI=1S/C14H25N3O/c1-4-6-17-7-5-13(11-17)9-15-10-14(18)16-8-12(2)3/h5,7,11-12,15H,4,6,8-10H2,1-3H3,(H,16,18). The molecule has 0 aromatic carbocycles. The molecule has 0 saturated carbocycles. The lowest BCUT2D eigenvalue weighted by Gasteiger charge is -2.08. The lowest BCUT2D eigenvalue weighted by atomic mass is 10.2. The summed E-state index contributed by atoms with van der Waals surface area (Å²) in [4.78, 5) is 11.5. The maximum atomic E-state index is 11.5. The van der Waals surface area contributed by atoms with Crippen LogP contribution in [0.15, 0.2) is 18.5 Å². The van der Waals surface area contributed by atoms with E-state index in [1.165, 1.54) is 5.56 Å². The minimum absolute atomic E-state index is 0.0664. The zero-order valence-electron chi connectivity index (χ0n) is 11.7. The summed E-state index contributed by atoms with van der Waals surface area (Å²) in [6.45, 7) is 9.26. The van der Waals surface area contributed by atoms with Crippen LogP contribution in [-0.4, -0.2) is 23.6 Å². The van der Waals surface area contributed by atoms with Crippen LogP contribution in [0.2, 0.25) is 0 Å². The van der Waals surface area contributed by atoms with Crippen molar-refractivity contribution in [3.8, 4) is 0 Å². The van der Waals surface area contributed by atoms with Crippen molar-refractivity contribution in [2.45, 2.75) is 40.3 Å². The van der Waals surface area contributed by atoms with Crippen LogP contribution >= 0.6 is 0 Å². The second-order valence-corrected chi connectivity index (χ2v) is 5.06. The summed E-state index contributed by atoms with van der Waals surface area (Å²) in [5.41, 5.74) is 1.22. The lowest BCUT2D eigenvalue weighted by Crippen LogP contribution is -2.35. The first-order chi connectivity index (χ1) is 8.61. The van der Waals surface area contributed by atoms with Gasteiger partial charge in [-0.2, -0.15) is 0 Å². The first-order valence-corrected chi connectivity index (χ1v) is 6.74. The van der Waals surface area contributed by atoms with E-state index in [9.17, 15) is 4.79 Å². The number of aromatic nitrogens is 1. The third kappa shape index (κ3) is 5.87. The van der Waals surface area contributed by atoms with E-state index >= 15 is 0 Å². The van der Waals surface area contributed by atoms with Crippen molar-refractivity contribution < 1.29 is 4.79 Å². The van der Waals surface area contributed by atoms with Crippen molar-refractivity contribution in [3.05, 3.63) is 24.0 Å². The number of nitrogens with zero attached hydrogens (tertiary/aromatic N) is 1. The summed E-state index contributed by atoms with van der Waals surface area (Å²) >= 11 is 0. The van der Waals surface area contributed by atoms with Gasteiger partial charge < -0.3 is 15.2 Å². The van der Waals surface area contributed by atoms with E-state index in [-0.39, 0.29) is 5.91 Å². The average Bonchev–Trinajstić information content (AvgIpc) is 2.75. The molecule has 0 aliphatic heterocycles. The fraction of sp³-hybridized carbons (Fsp3) is 0.643. The Morgan fingerprint density at radius 1 is 1.44 bits per heavy atom. The van der Waals surface area contributed by atoms with E-state index in [0.29, 0.717) is 12.5 Å². The minimum atomic E-state index is 0.0664. The topological polar surface area (TPSA) is 46.1 Å². The van der Waals surface area contributed by atoms with Crippen LogP contribution in [0.5, 0.6) is 0 Å². The monoisotopic (exact) mass is 251 g/mol. The lowest BCUT2D eigenvalue weighted by molar-refractivity contribution is -0.120. The predicted molar refractivity (Wildman–Crippen MR) is 74.3 cm³/mol. The second kappa shape index (κ2) is 7.93. The molecule has 0 fully saturated rings. The number of amides is 1. The van der Waals surface area contributed by atoms with Crippen molar-refractivity contribution in [1.82, 2.24) is 15.2 Å². The number of carbonyl (C=O) groups excluding carboxylic acids is 1. The van der Waals surface area contributed by atoms with Crippen LogP contribution in [-0.2, 0) is 17.9 Å². The molecule has 0 unspecified atom stereocenters. The van der Waals surface area contributed by atoms with Crippen molar-refractivity contribution in [3.63, 3.8) is 0 Å². The van der Waals surface area contributed by atoms with Crippen molar-refractivity contribution in [1.29, 1.82) is 0 Å². The van der Waals surface area contributed by atoms with Gasteiger partial charge in [-0.15, -0.1) is 0 Å². The molecule has 0 radical (unpaired) electrons. The maximum Gasteiger partial charge on any atom is 0.233 e. The summed E-state index contributed by atoms with van der Waals surface area (Å²) in [6, 6.07) is 2.09. The van der Waals surface area contributed by atoms with Gasteiger partial charge >= 0.3 is 0 Å². The van der Waals surface area contributed by atoms with Gasteiger partial charge in [-0.1, -0.05) is 20.8 Å². The van der Waals surface area contributed by atoms with Crippen LogP contribution in [0, 0.1) is 5.92 Å². The number of hydrogen-bond acceptors (Lipinski definition) is 2. The van der Waals surface area contributed by atoms with E-state index in [0.717, 1.165) is 26.1 Å². The molecule has 1 aromatic heterocycles. The molecule has 102 valence electrons. The zero-order valence-corrected chi connectivity index (χ0v) is 11.7. The Morgan fingerprint density at radius 2 is 2.22 bits per heavy atom. The summed E-state index contributed by atoms with van der Waals surface area (Å²) in [6.07, 6.45) is 5.35. The third-order valence-corrected chi connectivity index (χ3v) is 2.62. The van der Waals surface area contributed by atoms with Gasteiger partial charge in [0, 0.05) is 32.0 Å². The quantitative estimate of drug-likeness (QED) is 0.739. The highest BCUT2D eigenvalue weighted by Gasteiger charge is 2.02. The Kier molecular flexibility index (Phi) is 6.50. The summed E-state index contributed by atoms with van der Waals surface area (Å²) in [7, 11) is 0. The highest BCUT2D eigenvalue weighted by molar-refractivity contribution is 5.77. The fourth-order valence-corrected chi connectivity index (χ4v) is 1.69. The van der Waals surface area contributed by atoms with Crippen LogP contribution in [0.4, 0.5) is 0 Å². The number of carbonyl (C=O) groups is 1. The van der Waals surface area contributed by atoms with Gasteiger partial charge in [-0.05, 0) is 24.0 Å². The van der Waals surface area contributed by atoms with Gasteiger partial charge in [-0.3, -0.25) is 4.79 Å². The third-order valence-electron chi connectivity index (χ3n) is 2.62. The van der Waals surface area contributed by atoms with E-state index < -0.39 is 0 Å². The Hall–Kier alpha value is -1.29. The molecule has 0 bridgehead atoms. The van der Waals surface area contributed by atoms with Gasteiger partial charge in [0.15, 0.2) is 0 Å². The molecule has 0 aliphatic rings. The van der Waals surface area contributed by atoms with Gasteiger partial charge in [0.25, 0.3) is 0 Å². The molecule has 4 nitrogen and oxygen atoms in total. The van der Waals surface area contributed by atoms with Gasteiger partial charge in [0.05, 0.1) is 6.54 Å². The molecule has 0 saturated heterocycles. The summed E-state index contributed by atoms with van der Waals surface area (Å²) in [5, 5.41) is 6.04. The number of rotatable bonds is 8. The van der Waals surface area contributed by atoms with Crippen LogP contribution < -0.4 is 10.6 Å². The molecule has 1 amide bonds. The highest BCUT2D eigenvalue weighted by Crippen LogP contribution is 2.01. The van der Waals surface area contributed by atoms with Crippen molar-refractivity contribution in [2.24, 2.45) is 5.92 Å². The van der Waals surface area contributed by atoms with Gasteiger partial charge in [-0.25, -0.2) is 0 Å². The van der Waals surface area contributed by atoms with Crippen LogP contribution in [0.1, 0.15) is 32.8 Å². The van der Waals surface area contributed by atoms with Crippen LogP contribution in [0.25, 0.3) is 0 Å². The minimum Gasteiger partial charge on any atom is -0.355 e. The zero-order chi connectivity index (χ0) is 13.4. The molecule has 1 rings (SSSR count). The van der Waals surface area contributed by atoms with E-state index in [1.54, 1.807) is 0 Å². The molecule has 0 spiro atoms. The first kappa shape index (κ1) is 14.8. The Labute approximate surface area is 110 Å². The Balaban J connectivity index is 2.18. The Morgan fingerprint density at radius 3 is 2.89 bits per heavy atom. The number of nitrogens with one attached hydrogen (secondary N) is 2. The molecule has 4 heteroatoms.